The van der Waals surface area contributed by atoms with Crippen molar-refractivity contribution >= 4 is 22.7 Å². The molecule has 3 aromatic rings. The van der Waals surface area contributed by atoms with E-state index in [9.17, 15) is 9.59 Å². The van der Waals surface area contributed by atoms with Crippen LogP contribution in [0.4, 0.5) is 0 Å². The Labute approximate surface area is 193 Å². The van der Waals surface area contributed by atoms with Crippen LogP contribution in [0.3, 0.4) is 0 Å². The number of carbonyl (C=O) groups is 2. The number of aromatic amines is 1. The molecule has 4 rings (SSSR count). The maximum Gasteiger partial charge on any atom is 0.272 e. The molecule has 1 aliphatic rings. The van der Waals surface area contributed by atoms with Crippen LogP contribution in [-0.4, -0.2) is 58.4 Å². The highest BCUT2D eigenvalue weighted by molar-refractivity contribution is 5.97. The van der Waals surface area contributed by atoms with Crippen LogP contribution in [-0.2, 0) is 11.3 Å². The molecule has 8 nitrogen and oxygen atoms in total. The molecule has 0 radical (unpaired) electrons. The van der Waals surface area contributed by atoms with Gasteiger partial charge < -0.3 is 19.9 Å². The van der Waals surface area contributed by atoms with Crippen molar-refractivity contribution in [2.75, 3.05) is 26.7 Å². The number of H-pyrrole nitrogens is 1. The molecule has 4 heterocycles. The summed E-state index contributed by atoms with van der Waals surface area (Å²) < 4.78 is 5.09. The summed E-state index contributed by atoms with van der Waals surface area (Å²) in [5.74, 6) is 0.553. The Kier molecular flexibility index (Phi) is 7.67. The Morgan fingerprint density at radius 2 is 2.03 bits per heavy atom. The minimum absolute atomic E-state index is 0.00730. The SMILES string of the molecule is COCc1ccc(C(=O)N2CCC(CCCCNC(=O)c3cc4cnccc4[nH]3)CC2)nc1. The molecule has 2 amide bonds. The van der Waals surface area contributed by atoms with Gasteiger partial charge in [0.15, 0.2) is 0 Å². The number of hydrogen-bond acceptors (Lipinski definition) is 5. The normalized spacial score (nSPS) is 14.5. The van der Waals surface area contributed by atoms with E-state index in [-0.39, 0.29) is 11.8 Å². The largest absolute Gasteiger partial charge is 0.380 e. The van der Waals surface area contributed by atoms with Crippen molar-refractivity contribution in [2.45, 2.75) is 38.7 Å². The Bertz CT molecular complexity index is 1040. The highest BCUT2D eigenvalue weighted by atomic mass is 16.5. The lowest BCUT2D eigenvalue weighted by Crippen LogP contribution is -2.38. The third-order valence-corrected chi connectivity index (χ3v) is 6.25. The molecule has 1 saturated heterocycles. The van der Waals surface area contributed by atoms with Crippen molar-refractivity contribution in [1.82, 2.24) is 25.2 Å². The van der Waals surface area contributed by atoms with Gasteiger partial charge in [-0.2, -0.15) is 0 Å². The average molecular weight is 450 g/mol. The highest BCUT2D eigenvalue weighted by Crippen LogP contribution is 2.23. The van der Waals surface area contributed by atoms with E-state index in [1.54, 1.807) is 31.8 Å². The van der Waals surface area contributed by atoms with Gasteiger partial charge in [-0.1, -0.05) is 18.9 Å². The highest BCUT2D eigenvalue weighted by Gasteiger charge is 2.24. The van der Waals surface area contributed by atoms with Gasteiger partial charge in [0.25, 0.3) is 11.8 Å². The van der Waals surface area contributed by atoms with Crippen molar-refractivity contribution in [3.8, 4) is 0 Å². The molecule has 0 bridgehead atoms. The van der Waals surface area contributed by atoms with E-state index in [4.69, 9.17) is 4.74 Å². The summed E-state index contributed by atoms with van der Waals surface area (Å²) in [4.78, 5) is 38.4. The summed E-state index contributed by atoms with van der Waals surface area (Å²) in [5, 5.41) is 3.93. The number of pyridine rings is 2. The zero-order valence-corrected chi connectivity index (χ0v) is 19.0. The maximum atomic E-state index is 12.7. The molecule has 0 saturated carbocycles. The number of unbranched alkanes of at least 4 members (excludes halogenated alkanes) is 1. The standard InChI is InChI=1S/C25H31N5O3/c1-33-17-19-5-6-22(28-15-19)25(32)30-12-8-18(9-13-30)4-2-3-10-27-24(31)23-14-20-16-26-11-7-21(20)29-23/h5-7,11,14-16,18,29H,2-4,8-10,12-13,17H2,1H3,(H,27,31). The number of methoxy groups -OCH3 is 1. The summed E-state index contributed by atoms with van der Waals surface area (Å²) >= 11 is 0. The number of rotatable bonds is 9. The number of carbonyl (C=O) groups excluding carboxylic acids is 2. The first-order valence-corrected chi connectivity index (χ1v) is 11.6. The molecular weight excluding hydrogens is 418 g/mol. The Morgan fingerprint density at radius 1 is 1.18 bits per heavy atom. The van der Waals surface area contributed by atoms with Gasteiger partial charge >= 0.3 is 0 Å². The number of nitrogens with one attached hydrogen (secondary N) is 2. The molecule has 2 N–H and O–H groups in total. The molecule has 3 aromatic heterocycles. The molecular formula is C25H31N5O3. The van der Waals surface area contributed by atoms with Gasteiger partial charge in [0.1, 0.15) is 11.4 Å². The predicted molar refractivity (Wildman–Crippen MR) is 126 cm³/mol. The second-order valence-electron chi connectivity index (χ2n) is 8.62. The van der Waals surface area contributed by atoms with Gasteiger partial charge in [0.05, 0.1) is 6.61 Å². The summed E-state index contributed by atoms with van der Waals surface area (Å²) in [6, 6.07) is 7.37. The van der Waals surface area contributed by atoms with Crippen molar-refractivity contribution in [1.29, 1.82) is 0 Å². The number of hydrogen-bond donors (Lipinski definition) is 2. The monoisotopic (exact) mass is 449 g/mol. The third kappa shape index (κ3) is 5.96. The first-order chi connectivity index (χ1) is 16.1. The van der Waals surface area contributed by atoms with Crippen molar-refractivity contribution in [3.63, 3.8) is 0 Å². The summed E-state index contributed by atoms with van der Waals surface area (Å²) in [6.45, 7) is 2.71. The predicted octanol–water partition coefficient (Wildman–Crippen LogP) is 3.56. The van der Waals surface area contributed by atoms with Crippen LogP contribution in [0.25, 0.3) is 10.9 Å². The number of piperidine rings is 1. The lowest BCUT2D eigenvalue weighted by Gasteiger charge is -2.32. The molecule has 8 heteroatoms. The number of ether oxygens (including phenoxy) is 1. The second kappa shape index (κ2) is 11.0. The fourth-order valence-electron chi connectivity index (χ4n) is 4.34. The zero-order chi connectivity index (χ0) is 23.0. The smallest absolute Gasteiger partial charge is 0.272 e. The summed E-state index contributed by atoms with van der Waals surface area (Å²) in [7, 11) is 1.64. The lowest BCUT2D eigenvalue weighted by atomic mass is 9.91. The van der Waals surface area contributed by atoms with Gasteiger partial charge in [-0.15, -0.1) is 0 Å². The molecule has 1 aliphatic heterocycles. The quantitative estimate of drug-likeness (QED) is 0.487. The molecule has 0 atom stereocenters. The van der Waals surface area contributed by atoms with Gasteiger partial charge in [0.2, 0.25) is 0 Å². The summed E-state index contributed by atoms with van der Waals surface area (Å²) in [6.07, 6.45) is 10.3. The van der Waals surface area contributed by atoms with Crippen LogP contribution in [0.15, 0.2) is 42.9 Å². The number of likely N-dealkylation sites (tertiary alicyclic amines) is 1. The molecule has 1 fully saturated rings. The van der Waals surface area contributed by atoms with Crippen molar-refractivity contribution in [2.24, 2.45) is 5.92 Å². The van der Waals surface area contributed by atoms with E-state index >= 15 is 0 Å². The minimum atomic E-state index is -0.0816. The van der Waals surface area contributed by atoms with Gasteiger partial charge in [-0.3, -0.25) is 19.6 Å². The van der Waals surface area contributed by atoms with E-state index in [1.165, 1.54) is 0 Å². The van der Waals surface area contributed by atoms with E-state index in [0.717, 1.165) is 61.7 Å². The lowest BCUT2D eigenvalue weighted by molar-refractivity contribution is 0.0679. The van der Waals surface area contributed by atoms with Gasteiger partial charge in [-0.25, -0.2) is 0 Å². The van der Waals surface area contributed by atoms with Crippen molar-refractivity contribution in [3.05, 3.63) is 59.8 Å². The number of fused-ring (bicyclic) bond motifs is 1. The topological polar surface area (TPSA) is 100 Å². The van der Waals surface area contributed by atoms with E-state index < -0.39 is 0 Å². The van der Waals surface area contributed by atoms with Crippen LogP contribution in [0.1, 0.15) is 58.6 Å². The second-order valence-corrected chi connectivity index (χ2v) is 8.62. The first kappa shape index (κ1) is 22.9. The molecule has 0 aliphatic carbocycles. The van der Waals surface area contributed by atoms with E-state index in [0.29, 0.717) is 30.5 Å². The molecule has 0 unspecified atom stereocenters. The van der Waals surface area contributed by atoms with Crippen LogP contribution in [0.2, 0.25) is 0 Å². The molecule has 0 aromatic carbocycles. The van der Waals surface area contributed by atoms with Crippen LogP contribution in [0, 0.1) is 5.92 Å². The first-order valence-electron chi connectivity index (χ1n) is 11.6. The Hall–Kier alpha value is -3.26. The molecule has 0 spiro atoms. The average Bonchev–Trinajstić information content (AvgIpc) is 3.29. The number of amides is 2. The Morgan fingerprint density at radius 3 is 2.76 bits per heavy atom. The summed E-state index contributed by atoms with van der Waals surface area (Å²) in [5.41, 5.74) is 2.94. The van der Waals surface area contributed by atoms with Gasteiger partial charge in [0, 0.05) is 56.2 Å². The maximum absolute atomic E-state index is 12.7. The van der Waals surface area contributed by atoms with Crippen molar-refractivity contribution < 1.29 is 14.3 Å². The van der Waals surface area contributed by atoms with E-state index in [2.05, 4.69) is 20.3 Å². The van der Waals surface area contributed by atoms with E-state index in [1.807, 2.05) is 23.1 Å². The Balaban J connectivity index is 1.13. The fourth-order valence-corrected chi connectivity index (χ4v) is 4.34. The third-order valence-electron chi connectivity index (χ3n) is 6.25. The zero-order valence-electron chi connectivity index (χ0n) is 19.0. The van der Waals surface area contributed by atoms with Crippen LogP contribution >= 0.6 is 0 Å². The number of nitrogens with zero attached hydrogens (tertiary/aromatic N) is 3. The van der Waals surface area contributed by atoms with Crippen LogP contribution < -0.4 is 5.32 Å². The molecule has 174 valence electrons. The van der Waals surface area contributed by atoms with Gasteiger partial charge in [-0.05, 0) is 48.9 Å². The van der Waals surface area contributed by atoms with Crippen LogP contribution in [0.5, 0.6) is 0 Å². The molecule has 33 heavy (non-hydrogen) atoms. The minimum Gasteiger partial charge on any atom is -0.380 e. The number of aromatic nitrogens is 3. The fraction of sp³-hybridized carbons (Fsp3) is 0.440.